The molecule has 148 valence electrons. The van der Waals surface area contributed by atoms with Crippen molar-refractivity contribution >= 4 is 19.7 Å². The molecule has 2 rings (SSSR count). The van der Waals surface area contributed by atoms with Crippen molar-refractivity contribution in [3.63, 3.8) is 0 Å². The van der Waals surface area contributed by atoms with E-state index in [0.717, 1.165) is 12.5 Å². The second kappa shape index (κ2) is 8.52. The van der Waals surface area contributed by atoms with Crippen molar-refractivity contribution in [1.82, 2.24) is 0 Å². The molecule has 0 amide bonds. The van der Waals surface area contributed by atoms with Gasteiger partial charge in [0.15, 0.2) is 19.7 Å². The van der Waals surface area contributed by atoms with E-state index in [4.69, 9.17) is 5.73 Å². The predicted molar refractivity (Wildman–Crippen MR) is 107 cm³/mol. The zero-order valence-electron chi connectivity index (χ0n) is 15.3. The summed E-state index contributed by atoms with van der Waals surface area (Å²) in [6.45, 7) is 0. The molecule has 4 unspecified atom stereocenters. The Labute approximate surface area is 160 Å². The summed E-state index contributed by atoms with van der Waals surface area (Å²) < 4.78 is 49.6. The number of aliphatic hydroxyl groups excluding tert-OH is 1. The summed E-state index contributed by atoms with van der Waals surface area (Å²) in [5, 5.41) is 8.14. The van der Waals surface area contributed by atoms with Crippen LogP contribution in [0.5, 0.6) is 0 Å². The molecule has 0 bridgehead atoms. The lowest BCUT2D eigenvalue weighted by Crippen LogP contribution is -2.51. The highest BCUT2D eigenvalue weighted by atomic mass is 32.2. The van der Waals surface area contributed by atoms with Crippen molar-refractivity contribution in [3.05, 3.63) is 71.8 Å². The molecule has 0 radical (unpaired) electrons. The summed E-state index contributed by atoms with van der Waals surface area (Å²) in [4.78, 5) is 0. The van der Waals surface area contributed by atoms with Crippen LogP contribution in [0.1, 0.15) is 17.2 Å². The van der Waals surface area contributed by atoms with Gasteiger partial charge in [-0.05, 0) is 17.5 Å². The molecule has 0 aromatic heterocycles. The van der Waals surface area contributed by atoms with Gasteiger partial charge in [-0.1, -0.05) is 60.7 Å². The zero-order chi connectivity index (χ0) is 20.2. The fourth-order valence-corrected chi connectivity index (χ4v) is 5.84. The van der Waals surface area contributed by atoms with Crippen LogP contribution in [0.3, 0.4) is 0 Å². The molecule has 3 N–H and O–H groups in total. The molecular formula is C19H25NO5S2. The number of benzene rings is 2. The summed E-state index contributed by atoms with van der Waals surface area (Å²) in [6.07, 6.45) is 0.280. The summed E-state index contributed by atoms with van der Waals surface area (Å²) in [5.41, 5.74) is 7.37. The molecule has 0 spiro atoms. The summed E-state index contributed by atoms with van der Waals surface area (Å²) >= 11 is 0. The summed E-state index contributed by atoms with van der Waals surface area (Å²) in [7, 11) is -7.60. The van der Waals surface area contributed by atoms with Crippen LogP contribution < -0.4 is 5.73 Å². The van der Waals surface area contributed by atoms with Crippen molar-refractivity contribution in [1.29, 1.82) is 0 Å². The Morgan fingerprint density at radius 2 is 1.33 bits per heavy atom. The normalized spacial score (nSPS) is 17.0. The van der Waals surface area contributed by atoms with Crippen LogP contribution in [-0.4, -0.2) is 51.1 Å². The molecule has 4 atom stereocenters. The molecule has 0 aliphatic rings. The van der Waals surface area contributed by atoms with Crippen molar-refractivity contribution in [2.24, 2.45) is 5.73 Å². The number of aliphatic hydroxyl groups is 1. The van der Waals surface area contributed by atoms with E-state index in [9.17, 15) is 21.9 Å². The second-order valence-electron chi connectivity index (χ2n) is 6.78. The molecule has 0 fully saturated rings. The highest BCUT2D eigenvalue weighted by Gasteiger charge is 2.43. The first-order valence-corrected chi connectivity index (χ1v) is 12.3. The maximum absolute atomic E-state index is 12.4. The van der Waals surface area contributed by atoms with Gasteiger partial charge >= 0.3 is 0 Å². The van der Waals surface area contributed by atoms with Crippen LogP contribution in [0.15, 0.2) is 60.7 Å². The maximum Gasteiger partial charge on any atom is 0.154 e. The lowest BCUT2D eigenvalue weighted by Gasteiger charge is -2.31. The minimum atomic E-state index is -3.85. The van der Waals surface area contributed by atoms with Crippen LogP contribution in [0.2, 0.25) is 0 Å². The van der Waals surface area contributed by atoms with E-state index < -0.39 is 42.3 Å². The van der Waals surface area contributed by atoms with Gasteiger partial charge in [-0.25, -0.2) is 16.8 Å². The van der Waals surface area contributed by atoms with Gasteiger partial charge in [-0.2, -0.15) is 0 Å². The molecule has 6 nitrogen and oxygen atoms in total. The van der Waals surface area contributed by atoms with Crippen molar-refractivity contribution < 1.29 is 21.9 Å². The SMILES string of the molecule is CS(=O)(=O)C(Cc1ccccc1)C(O)C(C(N)c1ccccc1)S(C)(=O)=O. The second-order valence-corrected chi connectivity index (χ2v) is 11.2. The average Bonchev–Trinajstić information content (AvgIpc) is 2.59. The number of hydrogen-bond donors (Lipinski definition) is 2. The summed E-state index contributed by atoms with van der Waals surface area (Å²) in [5.74, 6) is 0. The molecule has 0 saturated heterocycles. The van der Waals surface area contributed by atoms with Gasteiger partial charge in [-0.3, -0.25) is 0 Å². The number of rotatable bonds is 8. The first-order chi connectivity index (χ1) is 12.5. The van der Waals surface area contributed by atoms with E-state index >= 15 is 0 Å². The smallest absolute Gasteiger partial charge is 0.154 e. The average molecular weight is 412 g/mol. The number of hydrogen-bond acceptors (Lipinski definition) is 6. The molecule has 2 aromatic rings. The zero-order valence-corrected chi connectivity index (χ0v) is 16.9. The third kappa shape index (κ3) is 5.62. The van der Waals surface area contributed by atoms with E-state index in [-0.39, 0.29) is 6.42 Å². The molecule has 27 heavy (non-hydrogen) atoms. The van der Waals surface area contributed by atoms with Crippen LogP contribution in [0.25, 0.3) is 0 Å². The van der Waals surface area contributed by atoms with Gasteiger partial charge in [-0.15, -0.1) is 0 Å². The Hall–Kier alpha value is -1.74. The maximum atomic E-state index is 12.4. The van der Waals surface area contributed by atoms with Gasteiger partial charge in [0.2, 0.25) is 0 Å². The van der Waals surface area contributed by atoms with E-state index in [0.29, 0.717) is 11.1 Å². The van der Waals surface area contributed by atoms with Gasteiger partial charge in [0.25, 0.3) is 0 Å². The monoisotopic (exact) mass is 411 g/mol. The van der Waals surface area contributed by atoms with Crippen LogP contribution in [0, 0.1) is 0 Å². The fourth-order valence-electron chi connectivity index (χ4n) is 3.18. The largest absolute Gasteiger partial charge is 0.390 e. The molecule has 0 aliphatic carbocycles. The van der Waals surface area contributed by atoms with E-state index in [1.165, 1.54) is 0 Å². The van der Waals surface area contributed by atoms with Gasteiger partial charge in [0.05, 0.1) is 11.4 Å². The molecule has 0 heterocycles. The van der Waals surface area contributed by atoms with Crippen molar-refractivity contribution in [3.8, 4) is 0 Å². The molecule has 2 aromatic carbocycles. The molecular weight excluding hydrogens is 386 g/mol. The van der Waals surface area contributed by atoms with Crippen LogP contribution >= 0.6 is 0 Å². The first kappa shape index (κ1) is 21.6. The minimum absolute atomic E-state index is 0.00559. The van der Waals surface area contributed by atoms with E-state index in [1.807, 2.05) is 0 Å². The number of nitrogens with two attached hydrogens (primary N) is 1. The Morgan fingerprint density at radius 1 is 0.852 bits per heavy atom. The molecule has 0 aliphatic heterocycles. The van der Waals surface area contributed by atoms with Gasteiger partial charge in [0, 0.05) is 18.6 Å². The number of sulfone groups is 2. The molecule has 0 saturated carbocycles. The van der Waals surface area contributed by atoms with E-state index in [2.05, 4.69) is 0 Å². The Balaban J connectivity index is 2.46. The third-order valence-corrected chi connectivity index (χ3v) is 7.69. The first-order valence-electron chi connectivity index (χ1n) is 8.42. The lowest BCUT2D eigenvalue weighted by molar-refractivity contribution is 0.152. The van der Waals surface area contributed by atoms with Gasteiger partial charge in [0.1, 0.15) is 5.25 Å². The standard InChI is InChI=1S/C19H25NO5S2/c1-26(22,23)16(13-14-9-5-3-6-10-14)18(21)19(27(2,24)25)17(20)15-11-7-4-8-12-15/h3-12,16-19,21H,13,20H2,1-2H3. The van der Waals surface area contributed by atoms with Crippen molar-refractivity contribution in [2.75, 3.05) is 12.5 Å². The Kier molecular flexibility index (Phi) is 6.80. The highest BCUT2D eigenvalue weighted by Crippen LogP contribution is 2.27. The Bertz CT molecular complexity index is 944. The third-order valence-electron chi connectivity index (χ3n) is 4.58. The highest BCUT2D eigenvalue weighted by molar-refractivity contribution is 7.92. The fraction of sp³-hybridized carbons (Fsp3) is 0.368. The summed E-state index contributed by atoms with van der Waals surface area (Å²) in [6, 6.07) is 16.2. The van der Waals surface area contributed by atoms with E-state index in [1.54, 1.807) is 60.7 Å². The van der Waals surface area contributed by atoms with Crippen LogP contribution in [0.4, 0.5) is 0 Å². The van der Waals surface area contributed by atoms with Gasteiger partial charge < -0.3 is 10.8 Å². The predicted octanol–water partition coefficient (Wildman–Crippen LogP) is 1.12. The van der Waals surface area contributed by atoms with Crippen LogP contribution in [-0.2, 0) is 26.1 Å². The van der Waals surface area contributed by atoms with Crippen molar-refractivity contribution in [2.45, 2.75) is 29.1 Å². The quantitative estimate of drug-likeness (QED) is 0.673. The Morgan fingerprint density at radius 3 is 1.78 bits per heavy atom. The topological polar surface area (TPSA) is 115 Å². The minimum Gasteiger partial charge on any atom is -0.390 e. The molecule has 8 heteroatoms. The lowest BCUT2D eigenvalue weighted by atomic mass is 9.96.